The fraction of sp³-hybridized carbons (Fsp3) is 0.286. The first-order valence-corrected chi connectivity index (χ1v) is 6.58. The Kier molecular flexibility index (Phi) is 4.11. The van der Waals surface area contributed by atoms with Gasteiger partial charge in [-0.25, -0.2) is 4.39 Å². The summed E-state index contributed by atoms with van der Waals surface area (Å²) in [5.41, 5.74) is -0.201. The molecule has 0 fully saturated rings. The largest absolute Gasteiger partial charge is 0.395 e. The average Bonchev–Trinajstić information content (AvgIpc) is 2.89. The van der Waals surface area contributed by atoms with Gasteiger partial charge in [0.15, 0.2) is 0 Å². The molecule has 18 heavy (non-hydrogen) atoms. The third-order valence-corrected chi connectivity index (χ3v) is 4.01. The highest BCUT2D eigenvalue weighted by molar-refractivity contribution is 7.09. The molecule has 2 aromatic rings. The molecule has 0 aliphatic rings. The van der Waals surface area contributed by atoms with Gasteiger partial charge >= 0.3 is 0 Å². The zero-order chi connectivity index (χ0) is 13.0. The maximum Gasteiger partial charge on any atom is 0.123 e. The Balaban J connectivity index is 2.37. The zero-order valence-corrected chi connectivity index (χ0v) is 10.7. The maximum atomic E-state index is 13.3. The third-order valence-electron chi connectivity index (χ3n) is 3.14. The van der Waals surface area contributed by atoms with Crippen molar-refractivity contribution in [1.82, 2.24) is 0 Å². The summed E-state index contributed by atoms with van der Waals surface area (Å²) in [6.07, 6.45) is 0.501. The molecule has 0 atom stereocenters. The number of hydrogen-bond donors (Lipinski definition) is 2. The van der Waals surface area contributed by atoms with E-state index in [1.165, 1.54) is 12.1 Å². The highest BCUT2D eigenvalue weighted by Gasteiger charge is 2.32. The third kappa shape index (κ3) is 2.61. The fourth-order valence-corrected chi connectivity index (χ4v) is 2.86. The molecule has 2 N–H and O–H groups in total. The summed E-state index contributed by atoms with van der Waals surface area (Å²) in [7, 11) is 0. The van der Waals surface area contributed by atoms with Crippen molar-refractivity contribution in [2.24, 2.45) is 0 Å². The van der Waals surface area contributed by atoms with Crippen LogP contribution in [0.1, 0.15) is 10.4 Å². The van der Waals surface area contributed by atoms with Crippen LogP contribution in [0.25, 0.3) is 0 Å². The zero-order valence-electron chi connectivity index (χ0n) is 9.84. The summed E-state index contributed by atoms with van der Waals surface area (Å²) in [6.45, 7) is -0.435. The molecule has 0 spiro atoms. The lowest BCUT2D eigenvalue weighted by molar-refractivity contribution is 0.116. The second-order valence-corrected chi connectivity index (χ2v) is 5.40. The Morgan fingerprint density at radius 2 is 1.89 bits per heavy atom. The molecule has 1 aromatic carbocycles. The van der Waals surface area contributed by atoms with E-state index in [1.807, 2.05) is 17.5 Å². The Morgan fingerprint density at radius 1 is 1.11 bits per heavy atom. The fourth-order valence-electron chi connectivity index (χ4n) is 2.01. The first kappa shape index (κ1) is 13.2. The molecule has 2 nitrogen and oxygen atoms in total. The molecule has 0 radical (unpaired) electrons. The molecule has 1 heterocycles. The van der Waals surface area contributed by atoms with Gasteiger partial charge in [-0.15, -0.1) is 11.3 Å². The summed E-state index contributed by atoms with van der Waals surface area (Å²) in [4.78, 5) is 1.06. The second kappa shape index (κ2) is 5.61. The minimum Gasteiger partial charge on any atom is -0.395 e. The van der Waals surface area contributed by atoms with Crippen LogP contribution in [0.15, 0.2) is 41.8 Å². The second-order valence-electron chi connectivity index (χ2n) is 4.36. The Labute approximate surface area is 109 Å². The van der Waals surface area contributed by atoms with Crippen molar-refractivity contribution < 1.29 is 14.6 Å². The van der Waals surface area contributed by atoms with E-state index in [2.05, 4.69) is 0 Å². The monoisotopic (exact) mass is 266 g/mol. The number of rotatable bonds is 5. The van der Waals surface area contributed by atoms with Gasteiger partial charge in [0.2, 0.25) is 0 Å². The van der Waals surface area contributed by atoms with E-state index in [4.69, 9.17) is 0 Å². The van der Waals surface area contributed by atoms with Crippen molar-refractivity contribution in [1.29, 1.82) is 0 Å². The number of benzene rings is 1. The molecule has 4 heteroatoms. The number of thiophene rings is 1. The minimum atomic E-state index is -0.826. The Hall–Kier alpha value is -1.23. The van der Waals surface area contributed by atoms with E-state index in [-0.39, 0.29) is 19.0 Å². The number of aliphatic hydroxyl groups excluding tert-OH is 2. The molecule has 1 aromatic heterocycles. The van der Waals surface area contributed by atoms with Crippen LogP contribution in [0.2, 0.25) is 0 Å². The standard InChI is InChI=1S/C14H15FO2S/c15-12-4-1-3-11(7-12)14(9-16,10-17)8-13-5-2-6-18-13/h1-7,16-17H,8-10H2. The van der Waals surface area contributed by atoms with E-state index >= 15 is 0 Å². The van der Waals surface area contributed by atoms with Gasteiger partial charge in [0.25, 0.3) is 0 Å². The van der Waals surface area contributed by atoms with Gasteiger partial charge in [0.1, 0.15) is 5.82 Å². The quantitative estimate of drug-likeness (QED) is 0.872. The normalized spacial score (nSPS) is 11.7. The number of aliphatic hydroxyl groups is 2. The lowest BCUT2D eigenvalue weighted by Crippen LogP contribution is -2.37. The summed E-state index contributed by atoms with van der Waals surface area (Å²) in [5.74, 6) is -0.357. The molecule has 0 amide bonds. The average molecular weight is 266 g/mol. The number of halogens is 1. The molecule has 0 aliphatic heterocycles. The van der Waals surface area contributed by atoms with Gasteiger partial charge in [-0.1, -0.05) is 18.2 Å². The highest BCUT2D eigenvalue weighted by atomic mass is 32.1. The van der Waals surface area contributed by atoms with E-state index in [9.17, 15) is 14.6 Å². The van der Waals surface area contributed by atoms with E-state index in [0.717, 1.165) is 4.88 Å². The van der Waals surface area contributed by atoms with Crippen LogP contribution < -0.4 is 0 Å². The van der Waals surface area contributed by atoms with Gasteiger partial charge in [0, 0.05) is 10.3 Å². The van der Waals surface area contributed by atoms with Gasteiger partial charge < -0.3 is 10.2 Å². The molecular formula is C14H15FO2S. The molecule has 0 saturated heterocycles. The molecule has 0 saturated carbocycles. The van der Waals surface area contributed by atoms with E-state index < -0.39 is 5.41 Å². The summed E-state index contributed by atoms with van der Waals surface area (Å²) in [6, 6.07) is 9.94. The smallest absolute Gasteiger partial charge is 0.123 e. The van der Waals surface area contributed by atoms with Crippen molar-refractivity contribution in [3.63, 3.8) is 0 Å². The van der Waals surface area contributed by atoms with Crippen LogP contribution in [0.5, 0.6) is 0 Å². The van der Waals surface area contributed by atoms with Crippen LogP contribution >= 0.6 is 11.3 Å². The Morgan fingerprint density at radius 3 is 2.44 bits per heavy atom. The molecular weight excluding hydrogens is 251 g/mol. The highest BCUT2D eigenvalue weighted by Crippen LogP contribution is 2.30. The summed E-state index contributed by atoms with van der Waals surface area (Å²) < 4.78 is 13.3. The van der Waals surface area contributed by atoms with Crippen LogP contribution in [0.4, 0.5) is 4.39 Å². The van der Waals surface area contributed by atoms with E-state index in [0.29, 0.717) is 12.0 Å². The van der Waals surface area contributed by atoms with Crippen molar-refractivity contribution in [3.8, 4) is 0 Å². The Bertz CT molecular complexity index is 492. The van der Waals surface area contributed by atoms with Crippen LogP contribution in [0.3, 0.4) is 0 Å². The molecule has 0 aliphatic carbocycles. The minimum absolute atomic E-state index is 0.217. The predicted octanol–water partition coefficient (Wildman–Crippen LogP) is 2.35. The van der Waals surface area contributed by atoms with Crippen LogP contribution in [0, 0.1) is 5.82 Å². The van der Waals surface area contributed by atoms with Crippen molar-refractivity contribution >= 4 is 11.3 Å². The van der Waals surface area contributed by atoms with Crippen LogP contribution in [-0.2, 0) is 11.8 Å². The lowest BCUT2D eigenvalue weighted by atomic mass is 9.78. The van der Waals surface area contributed by atoms with E-state index in [1.54, 1.807) is 23.5 Å². The summed E-state index contributed by atoms with van der Waals surface area (Å²) in [5, 5.41) is 21.2. The lowest BCUT2D eigenvalue weighted by Gasteiger charge is -2.30. The molecule has 0 unspecified atom stereocenters. The predicted molar refractivity (Wildman–Crippen MR) is 70.3 cm³/mol. The topological polar surface area (TPSA) is 40.5 Å². The number of hydrogen-bond acceptors (Lipinski definition) is 3. The van der Waals surface area contributed by atoms with Gasteiger partial charge in [-0.3, -0.25) is 0 Å². The first-order chi connectivity index (χ1) is 8.70. The van der Waals surface area contributed by atoms with Gasteiger partial charge in [-0.2, -0.15) is 0 Å². The summed E-state index contributed by atoms with van der Waals surface area (Å²) >= 11 is 1.56. The van der Waals surface area contributed by atoms with Gasteiger partial charge in [-0.05, 0) is 35.6 Å². The van der Waals surface area contributed by atoms with Crippen molar-refractivity contribution in [3.05, 3.63) is 58.0 Å². The van der Waals surface area contributed by atoms with Gasteiger partial charge in [0.05, 0.1) is 13.2 Å². The van der Waals surface area contributed by atoms with Crippen molar-refractivity contribution in [2.45, 2.75) is 11.8 Å². The maximum absolute atomic E-state index is 13.3. The molecule has 96 valence electrons. The molecule has 2 rings (SSSR count). The van der Waals surface area contributed by atoms with Crippen molar-refractivity contribution in [2.75, 3.05) is 13.2 Å². The first-order valence-electron chi connectivity index (χ1n) is 5.70. The SMILES string of the molecule is OCC(CO)(Cc1cccs1)c1cccc(F)c1. The van der Waals surface area contributed by atoms with Crippen LogP contribution in [-0.4, -0.2) is 23.4 Å². The molecule has 0 bridgehead atoms.